The third kappa shape index (κ3) is 2.54. The van der Waals surface area contributed by atoms with Gasteiger partial charge in [-0.3, -0.25) is 10.1 Å². The van der Waals surface area contributed by atoms with Gasteiger partial charge < -0.3 is 5.32 Å². The van der Waals surface area contributed by atoms with Crippen LogP contribution in [-0.4, -0.2) is 11.5 Å². The van der Waals surface area contributed by atoms with Crippen LogP contribution in [0.3, 0.4) is 0 Å². The average molecular weight is 238 g/mol. The lowest BCUT2D eigenvalue weighted by Crippen LogP contribution is -2.33. The quantitative estimate of drug-likeness (QED) is 0.646. The SMILES string of the molecule is CC1(CNc2ccc(F)cc2[N+](=O)[O-])CCC1. The highest BCUT2D eigenvalue weighted by atomic mass is 19.1. The molecule has 17 heavy (non-hydrogen) atoms. The zero-order valence-corrected chi connectivity index (χ0v) is 9.70. The Balaban J connectivity index is 2.12. The van der Waals surface area contributed by atoms with Gasteiger partial charge in [0.2, 0.25) is 0 Å². The van der Waals surface area contributed by atoms with Crippen LogP contribution < -0.4 is 5.32 Å². The van der Waals surface area contributed by atoms with E-state index in [2.05, 4.69) is 12.2 Å². The van der Waals surface area contributed by atoms with Gasteiger partial charge in [-0.1, -0.05) is 13.3 Å². The molecule has 0 radical (unpaired) electrons. The summed E-state index contributed by atoms with van der Waals surface area (Å²) in [5.74, 6) is -0.586. The summed E-state index contributed by atoms with van der Waals surface area (Å²) in [7, 11) is 0. The van der Waals surface area contributed by atoms with Crippen molar-refractivity contribution in [2.75, 3.05) is 11.9 Å². The molecule has 2 rings (SSSR count). The van der Waals surface area contributed by atoms with E-state index < -0.39 is 10.7 Å². The van der Waals surface area contributed by atoms with Crippen LogP contribution in [0, 0.1) is 21.3 Å². The molecule has 1 saturated carbocycles. The summed E-state index contributed by atoms with van der Waals surface area (Å²) < 4.78 is 12.9. The van der Waals surface area contributed by atoms with Crippen molar-refractivity contribution in [1.29, 1.82) is 0 Å². The van der Waals surface area contributed by atoms with Crippen molar-refractivity contribution in [2.45, 2.75) is 26.2 Å². The molecule has 1 aromatic rings. The molecule has 0 amide bonds. The van der Waals surface area contributed by atoms with Crippen molar-refractivity contribution in [3.63, 3.8) is 0 Å². The summed E-state index contributed by atoms with van der Waals surface area (Å²) in [6, 6.07) is 3.61. The highest BCUT2D eigenvalue weighted by Gasteiger charge is 2.31. The highest BCUT2D eigenvalue weighted by Crippen LogP contribution is 2.40. The van der Waals surface area contributed by atoms with Crippen molar-refractivity contribution < 1.29 is 9.31 Å². The number of rotatable bonds is 4. The monoisotopic (exact) mass is 238 g/mol. The molecule has 0 aliphatic heterocycles. The van der Waals surface area contributed by atoms with Crippen LogP contribution >= 0.6 is 0 Å². The molecule has 1 N–H and O–H groups in total. The molecule has 0 heterocycles. The molecule has 0 aromatic heterocycles. The van der Waals surface area contributed by atoms with Crippen LogP contribution in [0.15, 0.2) is 18.2 Å². The van der Waals surface area contributed by atoms with E-state index in [-0.39, 0.29) is 11.1 Å². The van der Waals surface area contributed by atoms with Crippen LogP contribution in [0.5, 0.6) is 0 Å². The molecule has 0 spiro atoms. The van der Waals surface area contributed by atoms with Crippen LogP contribution in [0.1, 0.15) is 26.2 Å². The predicted octanol–water partition coefficient (Wildman–Crippen LogP) is 3.34. The fraction of sp³-hybridized carbons (Fsp3) is 0.500. The Hall–Kier alpha value is -1.65. The van der Waals surface area contributed by atoms with E-state index in [1.54, 1.807) is 0 Å². The third-order valence-corrected chi connectivity index (χ3v) is 3.42. The summed E-state index contributed by atoms with van der Waals surface area (Å²) in [4.78, 5) is 10.2. The van der Waals surface area contributed by atoms with Crippen molar-refractivity contribution in [3.05, 3.63) is 34.1 Å². The van der Waals surface area contributed by atoms with Gasteiger partial charge >= 0.3 is 0 Å². The van der Waals surface area contributed by atoms with Gasteiger partial charge in [-0.2, -0.15) is 0 Å². The lowest BCUT2D eigenvalue weighted by atomic mass is 9.70. The predicted molar refractivity (Wildman–Crippen MR) is 63.5 cm³/mol. The molecule has 0 atom stereocenters. The third-order valence-electron chi connectivity index (χ3n) is 3.42. The smallest absolute Gasteiger partial charge is 0.295 e. The molecule has 0 unspecified atom stereocenters. The van der Waals surface area contributed by atoms with Gasteiger partial charge in [0.1, 0.15) is 11.5 Å². The van der Waals surface area contributed by atoms with Gasteiger partial charge in [0.25, 0.3) is 5.69 Å². The van der Waals surface area contributed by atoms with Gasteiger partial charge in [-0.05, 0) is 30.4 Å². The number of halogens is 1. The molecular weight excluding hydrogens is 223 g/mol. The second kappa shape index (κ2) is 4.31. The average Bonchev–Trinajstić information content (AvgIpc) is 2.24. The number of nitrogens with zero attached hydrogens (tertiary/aromatic N) is 1. The summed E-state index contributed by atoms with van der Waals surface area (Å²) in [5.41, 5.74) is 0.417. The van der Waals surface area contributed by atoms with Gasteiger partial charge in [-0.15, -0.1) is 0 Å². The van der Waals surface area contributed by atoms with E-state index in [1.165, 1.54) is 18.6 Å². The Morgan fingerprint density at radius 3 is 2.76 bits per heavy atom. The van der Waals surface area contributed by atoms with E-state index in [4.69, 9.17) is 0 Å². The van der Waals surface area contributed by atoms with Crippen LogP contribution in [-0.2, 0) is 0 Å². The second-order valence-electron chi connectivity index (χ2n) is 4.94. The Kier molecular flexibility index (Phi) is 3.00. The van der Waals surface area contributed by atoms with Crippen molar-refractivity contribution in [1.82, 2.24) is 0 Å². The Morgan fingerprint density at radius 1 is 1.53 bits per heavy atom. The molecule has 92 valence electrons. The molecule has 5 heteroatoms. The zero-order chi connectivity index (χ0) is 12.5. The molecule has 1 aliphatic carbocycles. The molecular formula is C12H15FN2O2. The first-order valence-corrected chi connectivity index (χ1v) is 5.68. The first-order valence-electron chi connectivity index (χ1n) is 5.68. The maximum absolute atomic E-state index is 12.9. The van der Waals surface area contributed by atoms with Crippen molar-refractivity contribution in [3.8, 4) is 0 Å². The van der Waals surface area contributed by atoms with E-state index in [1.807, 2.05) is 0 Å². The highest BCUT2D eigenvalue weighted by molar-refractivity contribution is 5.61. The van der Waals surface area contributed by atoms with Crippen molar-refractivity contribution >= 4 is 11.4 Å². The maximum Gasteiger partial charge on any atom is 0.295 e. The van der Waals surface area contributed by atoms with Crippen LogP contribution in [0.25, 0.3) is 0 Å². The molecule has 0 bridgehead atoms. The Bertz CT molecular complexity index is 444. The first-order chi connectivity index (χ1) is 8.00. The summed E-state index contributed by atoms with van der Waals surface area (Å²) in [6.45, 7) is 2.85. The molecule has 0 saturated heterocycles. The summed E-state index contributed by atoms with van der Waals surface area (Å²) in [5, 5.41) is 13.8. The number of anilines is 1. The second-order valence-corrected chi connectivity index (χ2v) is 4.94. The van der Waals surface area contributed by atoms with Crippen molar-refractivity contribution in [2.24, 2.45) is 5.41 Å². The normalized spacial score (nSPS) is 17.3. The van der Waals surface area contributed by atoms with Gasteiger partial charge in [-0.25, -0.2) is 4.39 Å². The fourth-order valence-corrected chi connectivity index (χ4v) is 2.07. The van der Waals surface area contributed by atoms with E-state index in [9.17, 15) is 14.5 Å². The number of nitro groups is 1. The van der Waals surface area contributed by atoms with Gasteiger partial charge in [0.05, 0.1) is 11.0 Å². The van der Waals surface area contributed by atoms with E-state index in [0.29, 0.717) is 12.2 Å². The van der Waals surface area contributed by atoms with Crippen LogP contribution in [0.2, 0.25) is 0 Å². The number of nitrogens with one attached hydrogen (secondary N) is 1. The Morgan fingerprint density at radius 2 is 2.24 bits per heavy atom. The summed E-state index contributed by atoms with van der Waals surface area (Å²) >= 11 is 0. The number of hydrogen-bond acceptors (Lipinski definition) is 3. The lowest BCUT2D eigenvalue weighted by molar-refractivity contribution is -0.384. The fourth-order valence-electron chi connectivity index (χ4n) is 2.07. The standard InChI is InChI=1S/C12H15FN2O2/c1-12(5-2-6-12)8-14-10-4-3-9(13)7-11(10)15(16)17/h3-4,7,14H,2,5-6,8H2,1H3. The molecule has 4 nitrogen and oxygen atoms in total. The largest absolute Gasteiger partial charge is 0.379 e. The first kappa shape index (κ1) is 11.8. The summed E-state index contributed by atoms with van der Waals surface area (Å²) in [6.07, 6.45) is 3.48. The van der Waals surface area contributed by atoms with Gasteiger partial charge in [0.15, 0.2) is 0 Å². The van der Waals surface area contributed by atoms with E-state index in [0.717, 1.165) is 18.9 Å². The zero-order valence-electron chi connectivity index (χ0n) is 9.70. The topological polar surface area (TPSA) is 55.2 Å². The lowest BCUT2D eigenvalue weighted by Gasteiger charge is -2.38. The minimum atomic E-state index is -0.586. The van der Waals surface area contributed by atoms with E-state index >= 15 is 0 Å². The number of hydrogen-bond donors (Lipinski definition) is 1. The molecule has 1 fully saturated rings. The maximum atomic E-state index is 12.9. The minimum Gasteiger partial charge on any atom is -0.379 e. The number of nitro benzene ring substituents is 1. The minimum absolute atomic E-state index is 0.201. The Labute approximate surface area is 99.0 Å². The number of benzene rings is 1. The van der Waals surface area contributed by atoms with Gasteiger partial charge in [0, 0.05) is 6.54 Å². The molecule has 1 aromatic carbocycles. The molecule has 1 aliphatic rings. The van der Waals surface area contributed by atoms with Crippen LogP contribution in [0.4, 0.5) is 15.8 Å².